The zero-order chi connectivity index (χ0) is 12.5. The van der Waals surface area contributed by atoms with Crippen molar-refractivity contribution in [3.05, 3.63) is 42.3 Å². The number of oxazole rings is 1. The summed E-state index contributed by atoms with van der Waals surface area (Å²) in [7, 11) is 1.56. The molecule has 3 nitrogen and oxygen atoms in total. The van der Waals surface area contributed by atoms with E-state index in [2.05, 4.69) is 11.1 Å². The number of alkyl halides is 3. The molecule has 0 aliphatic carbocycles. The first-order chi connectivity index (χ1) is 7.98. The SMILES string of the molecule is CN(c1c[c]ccc1)c1nc(C(F)(F)F)co1. The summed E-state index contributed by atoms with van der Waals surface area (Å²) in [6.07, 6.45) is -3.90. The van der Waals surface area contributed by atoms with Crippen molar-refractivity contribution in [1.82, 2.24) is 4.98 Å². The van der Waals surface area contributed by atoms with Gasteiger partial charge in [-0.3, -0.25) is 4.90 Å². The smallest absolute Gasteiger partial charge is 0.431 e. The lowest BCUT2D eigenvalue weighted by Gasteiger charge is -2.13. The van der Waals surface area contributed by atoms with Crippen LogP contribution in [0, 0.1) is 6.07 Å². The van der Waals surface area contributed by atoms with Gasteiger partial charge in [0.25, 0.3) is 0 Å². The van der Waals surface area contributed by atoms with Crippen molar-refractivity contribution in [2.75, 3.05) is 11.9 Å². The highest BCUT2D eigenvalue weighted by Crippen LogP contribution is 2.31. The second-order valence-corrected chi connectivity index (χ2v) is 3.33. The molecule has 0 saturated carbocycles. The minimum absolute atomic E-state index is 0.114. The average molecular weight is 241 g/mol. The van der Waals surface area contributed by atoms with Gasteiger partial charge < -0.3 is 4.42 Å². The molecule has 2 aromatic rings. The number of anilines is 2. The maximum Gasteiger partial charge on any atom is 0.436 e. The van der Waals surface area contributed by atoms with Crippen molar-refractivity contribution in [3.8, 4) is 0 Å². The maximum atomic E-state index is 12.3. The predicted octanol–water partition coefficient (Wildman–Crippen LogP) is 3.26. The molecule has 2 rings (SSSR count). The highest BCUT2D eigenvalue weighted by Gasteiger charge is 2.35. The molecule has 0 fully saturated rings. The molecule has 6 heteroatoms. The zero-order valence-electron chi connectivity index (χ0n) is 8.82. The summed E-state index contributed by atoms with van der Waals surface area (Å²) in [5, 5.41) is 0. The molecule has 89 valence electrons. The van der Waals surface area contributed by atoms with E-state index in [1.54, 1.807) is 31.3 Å². The van der Waals surface area contributed by atoms with E-state index in [9.17, 15) is 13.2 Å². The van der Waals surface area contributed by atoms with Crippen molar-refractivity contribution in [2.24, 2.45) is 0 Å². The van der Waals surface area contributed by atoms with Crippen LogP contribution in [0.25, 0.3) is 0 Å². The van der Waals surface area contributed by atoms with Crippen molar-refractivity contribution in [2.45, 2.75) is 6.18 Å². The number of rotatable bonds is 2. The Balaban J connectivity index is 2.27. The van der Waals surface area contributed by atoms with Gasteiger partial charge in [-0.15, -0.1) is 0 Å². The van der Waals surface area contributed by atoms with Crippen molar-refractivity contribution < 1.29 is 17.6 Å². The number of hydrogen-bond acceptors (Lipinski definition) is 3. The normalized spacial score (nSPS) is 11.5. The zero-order valence-corrected chi connectivity index (χ0v) is 8.82. The van der Waals surface area contributed by atoms with E-state index >= 15 is 0 Å². The standard InChI is InChI=1S/C11H8F3N2O/c1-16(8-5-3-2-4-6-8)10-15-9(7-17-10)11(12,13)14/h2-3,5-7H,1H3. The van der Waals surface area contributed by atoms with E-state index in [1.165, 1.54) is 4.90 Å². The summed E-state index contributed by atoms with van der Waals surface area (Å²) >= 11 is 0. The van der Waals surface area contributed by atoms with E-state index in [-0.39, 0.29) is 6.01 Å². The van der Waals surface area contributed by atoms with Gasteiger partial charge in [0, 0.05) is 12.7 Å². The summed E-state index contributed by atoms with van der Waals surface area (Å²) in [5.74, 6) is 0. The Morgan fingerprint density at radius 3 is 2.71 bits per heavy atom. The summed E-state index contributed by atoms with van der Waals surface area (Å²) < 4.78 is 41.7. The fourth-order valence-electron chi connectivity index (χ4n) is 1.25. The van der Waals surface area contributed by atoms with E-state index in [0.717, 1.165) is 0 Å². The Hall–Kier alpha value is -1.98. The van der Waals surface area contributed by atoms with Gasteiger partial charge in [-0.2, -0.15) is 18.2 Å². The van der Waals surface area contributed by atoms with Gasteiger partial charge in [0.05, 0.1) is 0 Å². The van der Waals surface area contributed by atoms with E-state index in [4.69, 9.17) is 4.42 Å². The van der Waals surface area contributed by atoms with E-state index in [0.29, 0.717) is 12.0 Å². The van der Waals surface area contributed by atoms with Gasteiger partial charge in [-0.25, -0.2) is 0 Å². The van der Waals surface area contributed by atoms with Crippen LogP contribution in [0.3, 0.4) is 0 Å². The third-order valence-corrected chi connectivity index (χ3v) is 2.15. The van der Waals surface area contributed by atoms with Crippen LogP contribution in [0.15, 0.2) is 34.9 Å². The van der Waals surface area contributed by atoms with Gasteiger partial charge in [-0.05, 0) is 18.2 Å². The molecule has 17 heavy (non-hydrogen) atoms. The van der Waals surface area contributed by atoms with E-state index < -0.39 is 11.9 Å². The first kappa shape index (κ1) is 11.5. The van der Waals surface area contributed by atoms with Crippen molar-refractivity contribution >= 4 is 11.7 Å². The fourth-order valence-corrected chi connectivity index (χ4v) is 1.25. The van der Waals surface area contributed by atoms with Crippen LogP contribution < -0.4 is 4.90 Å². The van der Waals surface area contributed by atoms with Gasteiger partial charge in [0.1, 0.15) is 6.26 Å². The number of aromatic nitrogens is 1. The molecule has 1 radical (unpaired) electrons. The molecule has 1 heterocycles. The molecule has 0 saturated heterocycles. The topological polar surface area (TPSA) is 29.3 Å². The van der Waals surface area contributed by atoms with Gasteiger partial charge in [0.2, 0.25) is 0 Å². The third-order valence-electron chi connectivity index (χ3n) is 2.15. The van der Waals surface area contributed by atoms with Crippen molar-refractivity contribution in [1.29, 1.82) is 0 Å². The largest absolute Gasteiger partial charge is 0.436 e. The van der Waals surface area contributed by atoms with Crippen LogP contribution in [-0.4, -0.2) is 12.0 Å². The van der Waals surface area contributed by atoms with Gasteiger partial charge in [-0.1, -0.05) is 12.1 Å². The number of benzene rings is 1. The highest BCUT2D eigenvalue weighted by molar-refractivity contribution is 5.54. The highest BCUT2D eigenvalue weighted by atomic mass is 19.4. The van der Waals surface area contributed by atoms with Gasteiger partial charge in [0.15, 0.2) is 5.69 Å². The second-order valence-electron chi connectivity index (χ2n) is 3.33. The Bertz CT molecular complexity index is 493. The first-order valence-electron chi connectivity index (χ1n) is 4.71. The predicted molar refractivity (Wildman–Crippen MR) is 54.8 cm³/mol. The molecule has 0 amide bonds. The van der Waals surface area contributed by atoms with Crippen LogP contribution in [-0.2, 0) is 6.18 Å². The summed E-state index contributed by atoms with van der Waals surface area (Å²) in [5.41, 5.74) is -0.401. The monoisotopic (exact) mass is 241 g/mol. The minimum atomic E-state index is -4.49. The lowest BCUT2D eigenvalue weighted by molar-refractivity contribution is -0.141. The molecular formula is C11H8F3N2O. The Labute approximate surface area is 95.5 Å². The van der Waals surface area contributed by atoms with E-state index in [1.807, 2.05) is 0 Å². The molecular weight excluding hydrogens is 233 g/mol. The summed E-state index contributed by atoms with van der Waals surface area (Å²) in [4.78, 5) is 4.79. The number of hydrogen-bond donors (Lipinski definition) is 0. The quantitative estimate of drug-likeness (QED) is 0.808. The van der Waals surface area contributed by atoms with Crippen LogP contribution in [0.4, 0.5) is 24.9 Å². The summed E-state index contributed by atoms with van der Waals surface area (Å²) in [6, 6.07) is 9.45. The van der Waals surface area contributed by atoms with Crippen LogP contribution in [0.5, 0.6) is 0 Å². The Morgan fingerprint density at radius 2 is 2.18 bits per heavy atom. The van der Waals surface area contributed by atoms with Crippen molar-refractivity contribution in [3.63, 3.8) is 0 Å². The molecule has 0 bridgehead atoms. The second kappa shape index (κ2) is 4.12. The number of nitrogens with zero attached hydrogens (tertiary/aromatic N) is 2. The third kappa shape index (κ3) is 2.41. The lowest BCUT2D eigenvalue weighted by Crippen LogP contribution is -2.11. The molecule has 1 aromatic carbocycles. The molecule has 0 atom stereocenters. The van der Waals surface area contributed by atoms with Crippen LogP contribution in [0.2, 0.25) is 0 Å². The molecule has 0 unspecified atom stereocenters. The Morgan fingerprint density at radius 1 is 1.41 bits per heavy atom. The molecule has 0 aliphatic heterocycles. The first-order valence-corrected chi connectivity index (χ1v) is 4.71. The Kier molecular flexibility index (Phi) is 2.79. The summed E-state index contributed by atoms with van der Waals surface area (Å²) in [6.45, 7) is 0. The molecule has 1 aromatic heterocycles. The fraction of sp³-hybridized carbons (Fsp3) is 0.182. The van der Waals surface area contributed by atoms with Crippen LogP contribution >= 0.6 is 0 Å². The number of halogens is 3. The molecule has 0 aliphatic rings. The minimum Gasteiger partial charge on any atom is -0.431 e. The lowest BCUT2D eigenvalue weighted by atomic mass is 10.3. The maximum absolute atomic E-state index is 12.3. The van der Waals surface area contributed by atoms with Gasteiger partial charge >= 0.3 is 12.2 Å². The molecule has 0 N–H and O–H groups in total. The molecule has 0 spiro atoms. The van der Waals surface area contributed by atoms with Crippen LogP contribution in [0.1, 0.15) is 5.69 Å². The average Bonchev–Trinajstić information content (AvgIpc) is 2.78.